The van der Waals surface area contributed by atoms with Crippen LogP contribution in [0.2, 0.25) is 0 Å². The molecule has 0 aromatic carbocycles. The molecule has 112 valence electrons. The van der Waals surface area contributed by atoms with E-state index in [1.165, 1.54) is 0 Å². The molecule has 1 unspecified atom stereocenters. The fourth-order valence-corrected chi connectivity index (χ4v) is 2.06. The summed E-state index contributed by atoms with van der Waals surface area (Å²) in [4.78, 5) is 20.5. The molecule has 1 amide bonds. The van der Waals surface area contributed by atoms with E-state index in [1.54, 1.807) is 18.6 Å². The second-order valence-electron chi connectivity index (χ2n) is 6.25. The third kappa shape index (κ3) is 4.15. The number of amides is 1. The zero-order valence-electron chi connectivity index (χ0n) is 13.0. The highest BCUT2D eigenvalue weighted by Gasteiger charge is 2.16. The third-order valence-electron chi connectivity index (χ3n) is 3.24. The largest absolute Gasteiger partial charge is 0.349 e. The van der Waals surface area contributed by atoms with E-state index >= 15 is 0 Å². The van der Waals surface area contributed by atoms with Crippen LogP contribution in [0.4, 0.5) is 0 Å². The first-order chi connectivity index (χ1) is 9.86. The van der Waals surface area contributed by atoms with Crippen LogP contribution in [0.1, 0.15) is 43.7 Å². The predicted molar refractivity (Wildman–Crippen MR) is 82.1 cm³/mol. The van der Waals surface area contributed by atoms with Crippen molar-refractivity contribution in [3.63, 3.8) is 0 Å². The predicted octanol–water partition coefficient (Wildman–Crippen LogP) is 2.39. The molecule has 0 aliphatic rings. The Kier molecular flexibility index (Phi) is 4.40. The fraction of sp³-hybridized carbons (Fsp3) is 0.438. The van der Waals surface area contributed by atoms with Crippen molar-refractivity contribution in [2.75, 3.05) is 0 Å². The zero-order chi connectivity index (χ0) is 15.5. The summed E-state index contributed by atoms with van der Waals surface area (Å²) in [5.41, 5.74) is 1.53. The molecule has 0 fully saturated rings. The van der Waals surface area contributed by atoms with Crippen molar-refractivity contribution in [2.45, 2.75) is 45.7 Å². The van der Waals surface area contributed by atoms with Crippen molar-refractivity contribution in [2.24, 2.45) is 0 Å². The fourth-order valence-electron chi connectivity index (χ4n) is 2.06. The van der Waals surface area contributed by atoms with E-state index in [0.29, 0.717) is 12.0 Å². The maximum atomic E-state index is 12.2. The van der Waals surface area contributed by atoms with E-state index in [2.05, 4.69) is 36.1 Å². The molecule has 2 rings (SSSR count). The summed E-state index contributed by atoms with van der Waals surface area (Å²) in [5.74, 6) is -0.0607. The summed E-state index contributed by atoms with van der Waals surface area (Å²) in [5, 5.41) is 2.99. The van der Waals surface area contributed by atoms with Crippen molar-refractivity contribution in [3.05, 3.63) is 48.3 Å². The topological polar surface area (TPSA) is 59.8 Å². The minimum Gasteiger partial charge on any atom is -0.349 e. The molecule has 0 spiro atoms. The van der Waals surface area contributed by atoms with Gasteiger partial charge in [-0.15, -0.1) is 0 Å². The van der Waals surface area contributed by atoms with Gasteiger partial charge in [0.25, 0.3) is 5.91 Å². The Bertz CT molecular complexity index is 598. The number of nitrogens with zero attached hydrogens (tertiary/aromatic N) is 3. The Balaban J connectivity index is 1.96. The van der Waals surface area contributed by atoms with Crippen molar-refractivity contribution in [1.29, 1.82) is 0 Å². The Morgan fingerprint density at radius 1 is 1.38 bits per heavy atom. The maximum absolute atomic E-state index is 12.2. The number of hydrogen-bond acceptors (Lipinski definition) is 3. The lowest BCUT2D eigenvalue weighted by Crippen LogP contribution is -2.34. The summed E-state index contributed by atoms with van der Waals surface area (Å²) in [6.07, 6.45) is 9.50. The van der Waals surface area contributed by atoms with Crippen LogP contribution in [0.15, 0.2) is 37.1 Å². The molecule has 5 heteroatoms. The van der Waals surface area contributed by atoms with E-state index in [0.717, 1.165) is 5.69 Å². The molecule has 1 N–H and O–H groups in total. The van der Waals surface area contributed by atoms with Gasteiger partial charge in [0, 0.05) is 49.0 Å². The Labute approximate surface area is 125 Å². The van der Waals surface area contributed by atoms with Gasteiger partial charge in [0.1, 0.15) is 0 Å². The number of carbonyl (C=O) groups is 1. The van der Waals surface area contributed by atoms with Crippen molar-refractivity contribution >= 4 is 5.91 Å². The zero-order valence-corrected chi connectivity index (χ0v) is 13.0. The van der Waals surface area contributed by atoms with Crippen LogP contribution in [0, 0.1) is 0 Å². The number of nitrogens with one attached hydrogen (secondary N) is 1. The lowest BCUT2D eigenvalue weighted by Gasteiger charge is -2.20. The van der Waals surface area contributed by atoms with Gasteiger partial charge < -0.3 is 9.88 Å². The summed E-state index contributed by atoms with van der Waals surface area (Å²) >= 11 is 0. The minimum atomic E-state index is -0.0607. The monoisotopic (exact) mass is 286 g/mol. The number of carbonyl (C=O) groups excluding carboxylic acids is 1. The van der Waals surface area contributed by atoms with Crippen LogP contribution in [0.5, 0.6) is 0 Å². The van der Waals surface area contributed by atoms with Gasteiger partial charge in [0.15, 0.2) is 0 Å². The normalized spacial score (nSPS) is 13.0. The summed E-state index contributed by atoms with van der Waals surface area (Å²) in [6.45, 7) is 8.27. The molecule has 0 radical (unpaired) electrons. The van der Waals surface area contributed by atoms with Crippen LogP contribution in [-0.2, 0) is 12.0 Å². The van der Waals surface area contributed by atoms with Crippen LogP contribution in [0.25, 0.3) is 0 Å². The number of aromatic nitrogens is 3. The van der Waals surface area contributed by atoms with E-state index in [4.69, 9.17) is 0 Å². The molecule has 5 nitrogen and oxygen atoms in total. The molecule has 0 saturated carbocycles. The van der Waals surface area contributed by atoms with Crippen LogP contribution in [-0.4, -0.2) is 26.5 Å². The molecule has 0 bridgehead atoms. The second-order valence-corrected chi connectivity index (χ2v) is 6.25. The van der Waals surface area contributed by atoms with Crippen molar-refractivity contribution in [1.82, 2.24) is 19.9 Å². The highest BCUT2D eigenvalue weighted by atomic mass is 16.1. The number of hydrogen-bond donors (Lipinski definition) is 1. The molecule has 2 aromatic heterocycles. The quantitative estimate of drug-likeness (QED) is 0.939. The third-order valence-corrected chi connectivity index (χ3v) is 3.24. The SMILES string of the molecule is CC(Cc1cnccn1)NC(=O)c1ccn(C(C)(C)C)c1. The van der Waals surface area contributed by atoms with E-state index in [-0.39, 0.29) is 17.5 Å². The van der Waals surface area contributed by atoms with Crippen molar-refractivity contribution in [3.8, 4) is 0 Å². The molecular formula is C16H22N4O. The molecule has 2 aromatic rings. The van der Waals surface area contributed by atoms with Crippen LogP contribution >= 0.6 is 0 Å². The van der Waals surface area contributed by atoms with E-state index < -0.39 is 0 Å². The molecule has 0 aliphatic carbocycles. The number of rotatable bonds is 4. The van der Waals surface area contributed by atoms with Crippen molar-refractivity contribution < 1.29 is 4.79 Å². The molecule has 2 heterocycles. The maximum Gasteiger partial charge on any atom is 0.253 e. The minimum absolute atomic E-state index is 0.00665. The average molecular weight is 286 g/mol. The molecule has 1 atom stereocenters. The van der Waals surface area contributed by atoms with Gasteiger partial charge in [-0.25, -0.2) is 0 Å². The molecular weight excluding hydrogens is 264 g/mol. The highest BCUT2D eigenvalue weighted by molar-refractivity contribution is 5.94. The molecule has 0 saturated heterocycles. The molecule has 21 heavy (non-hydrogen) atoms. The standard InChI is InChI=1S/C16H22N4O/c1-12(9-14-10-17-6-7-18-14)19-15(21)13-5-8-20(11-13)16(2,3)4/h5-8,10-12H,9H2,1-4H3,(H,19,21). The Morgan fingerprint density at radius 3 is 2.71 bits per heavy atom. The van der Waals surface area contributed by atoms with E-state index in [1.807, 2.05) is 30.0 Å². The van der Waals surface area contributed by atoms with Gasteiger partial charge in [-0.2, -0.15) is 0 Å². The first kappa shape index (κ1) is 15.2. The second kappa shape index (κ2) is 6.08. The van der Waals surface area contributed by atoms with Gasteiger partial charge >= 0.3 is 0 Å². The Hall–Kier alpha value is -2.17. The van der Waals surface area contributed by atoms with E-state index in [9.17, 15) is 4.79 Å². The summed E-state index contributed by atoms with van der Waals surface area (Å²) in [7, 11) is 0. The molecule has 0 aliphatic heterocycles. The van der Waals surface area contributed by atoms with Crippen LogP contribution < -0.4 is 5.32 Å². The lowest BCUT2D eigenvalue weighted by atomic mass is 10.1. The summed E-state index contributed by atoms with van der Waals surface area (Å²) < 4.78 is 2.04. The average Bonchev–Trinajstić information content (AvgIpc) is 2.89. The smallest absolute Gasteiger partial charge is 0.253 e. The van der Waals surface area contributed by atoms with Gasteiger partial charge in [-0.3, -0.25) is 14.8 Å². The van der Waals surface area contributed by atoms with Gasteiger partial charge in [0.2, 0.25) is 0 Å². The highest BCUT2D eigenvalue weighted by Crippen LogP contribution is 2.15. The van der Waals surface area contributed by atoms with Gasteiger partial charge in [-0.1, -0.05) is 0 Å². The van der Waals surface area contributed by atoms with Gasteiger partial charge in [0.05, 0.1) is 11.3 Å². The van der Waals surface area contributed by atoms with Gasteiger partial charge in [-0.05, 0) is 33.8 Å². The Morgan fingerprint density at radius 2 is 2.14 bits per heavy atom. The first-order valence-corrected chi connectivity index (χ1v) is 7.10. The summed E-state index contributed by atoms with van der Waals surface area (Å²) in [6, 6.07) is 1.85. The lowest BCUT2D eigenvalue weighted by molar-refractivity contribution is 0.0940. The van der Waals surface area contributed by atoms with Crippen LogP contribution in [0.3, 0.4) is 0 Å². The first-order valence-electron chi connectivity index (χ1n) is 7.10.